The van der Waals surface area contributed by atoms with Gasteiger partial charge in [-0.3, -0.25) is 0 Å². The molecule has 0 spiro atoms. The SMILES string of the molecule is S=C=N[N+]1(c2ccccc2)CCOCC1. The van der Waals surface area contributed by atoms with Gasteiger partial charge in [0.05, 0.1) is 13.2 Å². The maximum atomic E-state index is 5.36. The summed E-state index contributed by atoms with van der Waals surface area (Å²) >= 11 is 4.73. The standard InChI is InChI=1S/C11H13N2OS/c15-10-12-13(6-8-14-9-7-13)11-4-2-1-3-5-11/h1-5H,6-9H2/q+1. The second-order valence-electron chi connectivity index (χ2n) is 3.51. The van der Waals surface area contributed by atoms with Crippen LogP contribution in [0.25, 0.3) is 0 Å². The molecular formula is C11H13N2OS+. The predicted octanol–water partition coefficient (Wildman–Crippen LogP) is 2.04. The van der Waals surface area contributed by atoms with Crippen molar-refractivity contribution in [3.8, 4) is 0 Å². The number of nitrogens with zero attached hydrogens (tertiary/aromatic N) is 2. The summed E-state index contributed by atoms with van der Waals surface area (Å²) in [5.74, 6) is 0. The summed E-state index contributed by atoms with van der Waals surface area (Å²) in [6.07, 6.45) is 0. The minimum atomic E-state index is 0.518. The maximum absolute atomic E-state index is 5.36. The van der Waals surface area contributed by atoms with Gasteiger partial charge >= 0.3 is 0 Å². The van der Waals surface area contributed by atoms with Crippen LogP contribution < -0.4 is 4.59 Å². The van der Waals surface area contributed by atoms with E-state index in [-0.39, 0.29) is 0 Å². The Balaban J connectivity index is 2.37. The van der Waals surface area contributed by atoms with Crippen molar-refractivity contribution in [1.82, 2.24) is 4.59 Å². The third-order valence-corrected chi connectivity index (χ3v) is 2.76. The van der Waals surface area contributed by atoms with Crippen LogP contribution in [-0.2, 0) is 4.74 Å². The highest BCUT2D eigenvalue weighted by Gasteiger charge is 2.33. The topological polar surface area (TPSA) is 21.6 Å². The summed E-state index contributed by atoms with van der Waals surface area (Å²) in [6, 6.07) is 10.2. The van der Waals surface area contributed by atoms with Gasteiger partial charge in [0.2, 0.25) is 0 Å². The lowest BCUT2D eigenvalue weighted by molar-refractivity contribution is 0.0426. The number of rotatable bonds is 2. The lowest BCUT2D eigenvalue weighted by Crippen LogP contribution is -2.52. The van der Waals surface area contributed by atoms with Gasteiger partial charge in [-0.15, -0.1) is 0 Å². The molecule has 0 radical (unpaired) electrons. The van der Waals surface area contributed by atoms with Gasteiger partial charge in [0, 0.05) is 12.1 Å². The first-order valence-electron chi connectivity index (χ1n) is 4.97. The molecule has 1 aromatic carbocycles. The zero-order valence-corrected chi connectivity index (χ0v) is 9.24. The highest BCUT2D eigenvalue weighted by Crippen LogP contribution is 2.24. The summed E-state index contributed by atoms with van der Waals surface area (Å²) in [5, 5.41) is 6.81. The van der Waals surface area contributed by atoms with E-state index in [1.165, 1.54) is 0 Å². The summed E-state index contributed by atoms with van der Waals surface area (Å²) in [4.78, 5) is 0. The normalized spacial score (nSPS) is 19.2. The minimum absolute atomic E-state index is 0.518. The largest absolute Gasteiger partial charge is 0.370 e. The highest BCUT2D eigenvalue weighted by molar-refractivity contribution is 7.78. The van der Waals surface area contributed by atoms with E-state index in [0.717, 1.165) is 32.0 Å². The van der Waals surface area contributed by atoms with Gasteiger partial charge in [0.15, 0.2) is 5.69 Å². The van der Waals surface area contributed by atoms with Crippen molar-refractivity contribution in [2.24, 2.45) is 5.10 Å². The highest BCUT2D eigenvalue weighted by atomic mass is 32.1. The molecular weight excluding hydrogens is 208 g/mol. The Labute approximate surface area is 94.6 Å². The van der Waals surface area contributed by atoms with E-state index in [2.05, 4.69) is 22.4 Å². The molecule has 0 bridgehead atoms. The number of isothiocyanates is 1. The number of benzene rings is 1. The molecule has 1 aromatic rings. The molecule has 0 unspecified atom stereocenters. The van der Waals surface area contributed by atoms with Crippen LogP contribution >= 0.6 is 12.2 Å². The molecule has 1 saturated heterocycles. The average molecular weight is 221 g/mol. The molecule has 1 heterocycles. The first kappa shape index (κ1) is 10.5. The molecule has 1 aliphatic rings. The van der Waals surface area contributed by atoms with Gasteiger partial charge in [-0.2, -0.15) is 4.59 Å². The minimum Gasteiger partial charge on any atom is -0.370 e. The quantitative estimate of drug-likeness (QED) is 0.433. The molecule has 0 amide bonds. The monoisotopic (exact) mass is 221 g/mol. The van der Waals surface area contributed by atoms with Crippen molar-refractivity contribution in [3.63, 3.8) is 0 Å². The number of thiocarbonyl (C=S) groups is 1. The van der Waals surface area contributed by atoms with E-state index in [1.807, 2.05) is 18.2 Å². The summed E-state index contributed by atoms with van der Waals surface area (Å²) < 4.78 is 5.87. The van der Waals surface area contributed by atoms with Crippen molar-refractivity contribution in [2.45, 2.75) is 0 Å². The zero-order chi connectivity index (χ0) is 10.6. The molecule has 3 nitrogen and oxygen atoms in total. The van der Waals surface area contributed by atoms with Crippen molar-refractivity contribution >= 4 is 23.1 Å². The first-order chi connectivity index (χ1) is 7.37. The molecule has 0 N–H and O–H groups in total. The van der Waals surface area contributed by atoms with Crippen LogP contribution in [-0.4, -0.2) is 31.5 Å². The Morgan fingerprint density at radius 3 is 2.47 bits per heavy atom. The number of para-hydroxylation sites is 1. The van der Waals surface area contributed by atoms with Gasteiger partial charge in [-0.25, -0.2) is 0 Å². The molecule has 15 heavy (non-hydrogen) atoms. The van der Waals surface area contributed by atoms with Gasteiger partial charge in [0.1, 0.15) is 18.3 Å². The van der Waals surface area contributed by atoms with Crippen LogP contribution in [0, 0.1) is 0 Å². The number of ether oxygens (including phenoxy) is 1. The Hall–Kier alpha value is -1.06. The molecule has 1 aliphatic heterocycles. The maximum Gasteiger partial charge on any atom is 0.160 e. The van der Waals surface area contributed by atoms with Crippen molar-refractivity contribution in [1.29, 1.82) is 0 Å². The van der Waals surface area contributed by atoms with Gasteiger partial charge in [-0.05, 0) is 17.3 Å². The van der Waals surface area contributed by atoms with Crippen molar-refractivity contribution in [2.75, 3.05) is 26.3 Å². The van der Waals surface area contributed by atoms with Crippen LogP contribution in [0.2, 0.25) is 0 Å². The fourth-order valence-electron chi connectivity index (χ4n) is 1.84. The molecule has 0 aromatic heterocycles. The van der Waals surface area contributed by atoms with Gasteiger partial charge in [0.25, 0.3) is 0 Å². The molecule has 1 fully saturated rings. The summed E-state index contributed by atoms with van der Waals surface area (Å²) in [7, 11) is 0. The zero-order valence-electron chi connectivity index (χ0n) is 8.43. The Morgan fingerprint density at radius 1 is 1.20 bits per heavy atom. The fraction of sp³-hybridized carbons (Fsp3) is 0.364. The lowest BCUT2D eigenvalue weighted by atomic mass is 10.2. The van der Waals surface area contributed by atoms with E-state index in [4.69, 9.17) is 17.0 Å². The number of quaternary nitrogens is 1. The lowest BCUT2D eigenvalue weighted by Gasteiger charge is -2.33. The second kappa shape index (κ2) is 4.64. The smallest absolute Gasteiger partial charge is 0.160 e. The first-order valence-corrected chi connectivity index (χ1v) is 5.38. The Kier molecular flexibility index (Phi) is 3.23. The Bertz CT molecular complexity index is 367. The third-order valence-electron chi connectivity index (χ3n) is 2.68. The fourth-order valence-corrected chi connectivity index (χ4v) is 2.00. The van der Waals surface area contributed by atoms with Crippen LogP contribution in [0.1, 0.15) is 0 Å². The molecule has 0 saturated carbocycles. The number of hydrogen-bond acceptors (Lipinski definition) is 3. The number of morpholine rings is 1. The van der Waals surface area contributed by atoms with Crippen LogP contribution in [0.5, 0.6) is 0 Å². The molecule has 0 atom stereocenters. The van der Waals surface area contributed by atoms with E-state index < -0.39 is 0 Å². The van der Waals surface area contributed by atoms with E-state index in [9.17, 15) is 0 Å². The Morgan fingerprint density at radius 2 is 1.87 bits per heavy atom. The van der Waals surface area contributed by atoms with E-state index in [1.54, 1.807) is 0 Å². The molecule has 0 aliphatic carbocycles. The average Bonchev–Trinajstić information content (AvgIpc) is 2.32. The third kappa shape index (κ3) is 2.13. The molecule has 78 valence electrons. The summed E-state index contributed by atoms with van der Waals surface area (Å²) in [5.41, 5.74) is 1.15. The number of hydrogen-bond donors (Lipinski definition) is 0. The van der Waals surface area contributed by atoms with Crippen molar-refractivity contribution in [3.05, 3.63) is 30.3 Å². The molecule has 4 heteroatoms. The second-order valence-corrected chi connectivity index (χ2v) is 3.69. The van der Waals surface area contributed by atoms with Crippen LogP contribution in [0.4, 0.5) is 5.69 Å². The van der Waals surface area contributed by atoms with E-state index >= 15 is 0 Å². The van der Waals surface area contributed by atoms with Crippen LogP contribution in [0.15, 0.2) is 35.4 Å². The summed E-state index contributed by atoms with van der Waals surface area (Å²) in [6.45, 7) is 3.09. The van der Waals surface area contributed by atoms with Gasteiger partial charge < -0.3 is 4.74 Å². The predicted molar refractivity (Wildman–Crippen MR) is 63.8 cm³/mol. The van der Waals surface area contributed by atoms with Crippen molar-refractivity contribution < 1.29 is 4.74 Å². The van der Waals surface area contributed by atoms with E-state index in [0.29, 0.717) is 4.59 Å². The van der Waals surface area contributed by atoms with Crippen LogP contribution in [0.3, 0.4) is 0 Å². The van der Waals surface area contributed by atoms with Gasteiger partial charge in [-0.1, -0.05) is 18.2 Å². The molecule has 2 rings (SSSR count).